The highest BCUT2D eigenvalue weighted by Gasteiger charge is 2.28. The summed E-state index contributed by atoms with van der Waals surface area (Å²) < 4.78 is 4.44. The average molecular weight is 498 g/mol. The highest BCUT2D eigenvalue weighted by Crippen LogP contribution is 2.34. The van der Waals surface area contributed by atoms with Gasteiger partial charge in [-0.2, -0.15) is 0 Å². The number of hydrogen-bond acceptors (Lipinski definition) is 3. The molecule has 5 aromatic rings. The summed E-state index contributed by atoms with van der Waals surface area (Å²) >= 11 is 6.82. The smallest absolute Gasteiger partial charge is 0.221 e. The third-order valence-corrected chi connectivity index (χ3v) is 7.95. The molecule has 0 spiro atoms. The standard InChI is InChI=1S/C30H32ClN5/c1-20-17-21(2)28(25(31)18-20)36-29-26(12-7-15-32-29)35-27(22(3)33-30(35)36)19-34-16-8-11-24(34)14-13-23-9-5-4-6-10-23/h4-7,9-10,12,15,17-18,24H,8,11,13-14,16,19H2,1-3H3. The lowest BCUT2D eigenvalue weighted by Gasteiger charge is -2.24. The number of halogens is 1. The van der Waals surface area contributed by atoms with Gasteiger partial charge in [0, 0.05) is 18.8 Å². The van der Waals surface area contributed by atoms with E-state index in [0.29, 0.717) is 6.04 Å². The van der Waals surface area contributed by atoms with Gasteiger partial charge < -0.3 is 0 Å². The van der Waals surface area contributed by atoms with E-state index in [1.165, 1.54) is 30.5 Å². The Hall–Kier alpha value is -3.15. The number of hydrogen-bond donors (Lipinski definition) is 0. The molecule has 184 valence electrons. The van der Waals surface area contributed by atoms with E-state index >= 15 is 0 Å². The minimum absolute atomic E-state index is 0.593. The van der Waals surface area contributed by atoms with Crippen LogP contribution in [0.3, 0.4) is 0 Å². The van der Waals surface area contributed by atoms with Crippen molar-refractivity contribution in [2.45, 2.75) is 59.0 Å². The largest absolute Gasteiger partial charge is 0.295 e. The van der Waals surface area contributed by atoms with Crippen LogP contribution in [0.1, 0.15) is 47.3 Å². The molecule has 0 radical (unpaired) electrons. The normalized spacial score (nSPS) is 16.5. The summed E-state index contributed by atoms with van der Waals surface area (Å²) in [6, 6.07) is 19.8. The lowest BCUT2D eigenvalue weighted by atomic mass is 10.0. The molecule has 1 aliphatic rings. The van der Waals surface area contributed by atoms with Crippen molar-refractivity contribution in [3.05, 3.63) is 93.9 Å². The van der Waals surface area contributed by atoms with Crippen LogP contribution in [-0.2, 0) is 13.0 Å². The second-order valence-corrected chi connectivity index (χ2v) is 10.6. The van der Waals surface area contributed by atoms with E-state index in [9.17, 15) is 0 Å². The molecule has 1 saturated heterocycles. The van der Waals surface area contributed by atoms with Crippen molar-refractivity contribution >= 4 is 28.5 Å². The van der Waals surface area contributed by atoms with Crippen LogP contribution in [0.4, 0.5) is 0 Å². The van der Waals surface area contributed by atoms with Crippen molar-refractivity contribution < 1.29 is 0 Å². The van der Waals surface area contributed by atoms with Gasteiger partial charge in [0.05, 0.1) is 27.6 Å². The quantitative estimate of drug-likeness (QED) is 0.257. The Balaban J connectivity index is 1.41. The average Bonchev–Trinajstić information content (AvgIpc) is 3.53. The summed E-state index contributed by atoms with van der Waals surface area (Å²) in [5, 5.41) is 0.722. The first-order chi connectivity index (χ1) is 17.5. The van der Waals surface area contributed by atoms with Gasteiger partial charge in [0.15, 0.2) is 5.65 Å². The molecule has 1 fully saturated rings. The van der Waals surface area contributed by atoms with Crippen molar-refractivity contribution in [2.24, 2.45) is 0 Å². The number of benzene rings is 2. The first-order valence-corrected chi connectivity index (χ1v) is 13.3. The van der Waals surface area contributed by atoms with E-state index in [1.807, 2.05) is 18.3 Å². The van der Waals surface area contributed by atoms with Crippen LogP contribution in [0, 0.1) is 20.8 Å². The second kappa shape index (κ2) is 9.38. The molecule has 0 N–H and O–H groups in total. The fourth-order valence-corrected chi connectivity index (χ4v) is 6.37. The van der Waals surface area contributed by atoms with Crippen molar-refractivity contribution in [1.82, 2.24) is 23.8 Å². The zero-order chi connectivity index (χ0) is 24.8. The fraction of sp³-hybridized carbons (Fsp3) is 0.333. The maximum atomic E-state index is 6.82. The molecule has 2 aromatic carbocycles. The van der Waals surface area contributed by atoms with E-state index in [0.717, 1.165) is 64.0 Å². The Morgan fingerprint density at radius 2 is 1.86 bits per heavy atom. The molecule has 1 unspecified atom stereocenters. The lowest BCUT2D eigenvalue weighted by Crippen LogP contribution is -2.30. The number of nitrogens with zero attached hydrogens (tertiary/aromatic N) is 5. The van der Waals surface area contributed by atoms with Gasteiger partial charge in [0.1, 0.15) is 0 Å². The number of likely N-dealkylation sites (tertiary alicyclic amines) is 1. The monoisotopic (exact) mass is 497 g/mol. The Labute approximate surface area is 217 Å². The van der Waals surface area contributed by atoms with Crippen molar-refractivity contribution in [1.29, 1.82) is 0 Å². The van der Waals surface area contributed by atoms with E-state index in [4.69, 9.17) is 21.6 Å². The molecule has 3 aromatic heterocycles. The number of imidazole rings is 2. The minimum atomic E-state index is 0.593. The summed E-state index contributed by atoms with van der Waals surface area (Å²) in [5.41, 5.74) is 8.92. The molecule has 6 rings (SSSR count). The topological polar surface area (TPSA) is 38.4 Å². The summed E-state index contributed by atoms with van der Waals surface area (Å²) in [4.78, 5) is 12.5. The Bertz CT molecular complexity index is 1530. The Kier molecular flexibility index (Phi) is 6.06. The summed E-state index contributed by atoms with van der Waals surface area (Å²) in [7, 11) is 0. The fourth-order valence-electron chi connectivity index (χ4n) is 5.96. The highest BCUT2D eigenvalue weighted by molar-refractivity contribution is 6.32. The minimum Gasteiger partial charge on any atom is -0.295 e. The number of pyridine rings is 1. The molecule has 6 heteroatoms. The van der Waals surface area contributed by atoms with Crippen LogP contribution in [0.5, 0.6) is 0 Å². The van der Waals surface area contributed by atoms with Gasteiger partial charge in [-0.05, 0) is 87.9 Å². The van der Waals surface area contributed by atoms with E-state index in [1.54, 1.807) is 0 Å². The lowest BCUT2D eigenvalue weighted by molar-refractivity contribution is 0.231. The van der Waals surface area contributed by atoms with E-state index < -0.39 is 0 Å². The summed E-state index contributed by atoms with van der Waals surface area (Å²) in [6.45, 7) is 8.34. The second-order valence-electron chi connectivity index (χ2n) is 10.2. The number of fused-ring (bicyclic) bond motifs is 3. The molecule has 5 nitrogen and oxygen atoms in total. The molecule has 1 atom stereocenters. The van der Waals surface area contributed by atoms with Gasteiger partial charge in [-0.25, -0.2) is 9.97 Å². The molecular formula is C30H32ClN5. The van der Waals surface area contributed by atoms with Crippen LogP contribution >= 0.6 is 11.6 Å². The van der Waals surface area contributed by atoms with Crippen LogP contribution in [0.15, 0.2) is 60.8 Å². The van der Waals surface area contributed by atoms with Crippen LogP contribution in [0.25, 0.3) is 22.6 Å². The molecule has 36 heavy (non-hydrogen) atoms. The molecule has 4 heterocycles. The summed E-state index contributed by atoms with van der Waals surface area (Å²) in [6.07, 6.45) is 6.67. The zero-order valence-corrected chi connectivity index (χ0v) is 22.0. The molecule has 0 saturated carbocycles. The van der Waals surface area contributed by atoms with Crippen molar-refractivity contribution in [3.8, 4) is 5.69 Å². The molecule has 0 amide bonds. The van der Waals surface area contributed by atoms with Gasteiger partial charge in [-0.1, -0.05) is 48.0 Å². The van der Waals surface area contributed by atoms with Gasteiger partial charge in [0.2, 0.25) is 5.78 Å². The Morgan fingerprint density at radius 3 is 2.67 bits per heavy atom. The third-order valence-electron chi connectivity index (χ3n) is 7.66. The molecule has 1 aliphatic heterocycles. The van der Waals surface area contributed by atoms with Gasteiger partial charge in [-0.3, -0.25) is 13.9 Å². The molecular weight excluding hydrogens is 466 g/mol. The molecule has 0 bridgehead atoms. The number of aromatic nitrogens is 4. The van der Waals surface area contributed by atoms with E-state index in [2.05, 4.69) is 77.1 Å². The van der Waals surface area contributed by atoms with Crippen molar-refractivity contribution in [2.75, 3.05) is 6.54 Å². The maximum absolute atomic E-state index is 6.82. The van der Waals surface area contributed by atoms with Crippen LogP contribution in [0.2, 0.25) is 5.02 Å². The predicted octanol–water partition coefficient (Wildman–Crippen LogP) is 6.85. The SMILES string of the molecule is Cc1cc(C)c(-n2c3ncccc3n3c(CN4CCCC4CCc4ccccc4)c(C)nc23)c(Cl)c1. The van der Waals surface area contributed by atoms with Gasteiger partial charge in [0.25, 0.3) is 0 Å². The number of rotatable bonds is 6. The maximum Gasteiger partial charge on any atom is 0.221 e. The molecule has 0 aliphatic carbocycles. The first kappa shape index (κ1) is 23.3. The third kappa shape index (κ3) is 4.00. The number of aryl methyl sites for hydroxylation is 4. The predicted molar refractivity (Wildman–Crippen MR) is 147 cm³/mol. The van der Waals surface area contributed by atoms with Gasteiger partial charge in [-0.15, -0.1) is 0 Å². The van der Waals surface area contributed by atoms with E-state index in [-0.39, 0.29) is 0 Å². The highest BCUT2D eigenvalue weighted by atomic mass is 35.5. The first-order valence-electron chi connectivity index (χ1n) is 12.9. The summed E-state index contributed by atoms with van der Waals surface area (Å²) in [5.74, 6) is 0.880. The van der Waals surface area contributed by atoms with Gasteiger partial charge >= 0.3 is 0 Å². The zero-order valence-electron chi connectivity index (χ0n) is 21.2. The van der Waals surface area contributed by atoms with Crippen LogP contribution in [-0.4, -0.2) is 36.4 Å². The van der Waals surface area contributed by atoms with Crippen molar-refractivity contribution in [3.63, 3.8) is 0 Å². The van der Waals surface area contributed by atoms with Crippen LogP contribution < -0.4 is 0 Å². The Morgan fingerprint density at radius 1 is 1.03 bits per heavy atom.